The predicted molar refractivity (Wildman–Crippen MR) is 80.8 cm³/mol. The van der Waals surface area contributed by atoms with Crippen molar-refractivity contribution in [3.63, 3.8) is 0 Å². The number of aryl methyl sites for hydroxylation is 1. The Morgan fingerprint density at radius 1 is 1.50 bits per heavy atom. The van der Waals surface area contributed by atoms with Crippen molar-refractivity contribution in [2.75, 3.05) is 25.1 Å². The molecule has 0 spiro atoms. The number of aromatic nitrogens is 2. The van der Waals surface area contributed by atoms with Gasteiger partial charge in [-0.2, -0.15) is 4.98 Å². The maximum absolute atomic E-state index is 11.9. The smallest absolute Gasteiger partial charge is 0.261 e. The molecule has 1 amide bonds. The highest BCUT2D eigenvalue weighted by atomic mass is 32.1. The fraction of sp³-hybridized carbons (Fsp3) is 0.500. The molecule has 0 unspecified atom stereocenters. The maximum atomic E-state index is 11.9. The van der Waals surface area contributed by atoms with E-state index in [1.807, 2.05) is 6.92 Å². The molecule has 0 saturated heterocycles. The van der Waals surface area contributed by atoms with E-state index in [0.717, 1.165) is 22.4 Å². The summed E-state index contributed by atoms with van der Waals surface area (Å²) in [5.41, 5.74) is 1.93. The largest absolute Gasteiger partial charge is 0.376 e. The molecule has 1 N–H and O–H groups in total. The van der Waals surface area contributed by atoms with E-state index in [1.54, 1.807) is 6.92 Å². The molecule has 0 aromatic carbocycles. The van der Waals surface area contributed by atoms with Gasteiger partial charge in [0.25, 0.3) is 11.8 Å². The van der Waals surface area contributed by atoms with Crippen LogP contribution in [0.1, 0.15) is 23.2 Å². The van der Waals surface area contributed by atoms with Crippen LogP contribution in [0.4, 0.5) is 5.00 Å². The Labute approximate surface area is 131 Å². The van der Waals surface area contributed by atoms with E-state index < -0.39 is 0 Å². The van der Waals surface area contributed by atoms with Crippen LogP contribution < -0.4 is 5.32 Å². The molecule has 1 aliphatic heterocycles. The number of fused-ring (bicyclic) bond motifs is 1. The zero-order valence-corrected chi connectivity index (χ0v) is 13.3. The SMILES string of the molecule is CCOCC(=O)Nc1sc2c(c1-c1nc(C)no1)CCOC2. The lowest BCUT2D eigenvalue weighted by Gasteiger charge is -2.12. The van der Waals surface area contributed by atoms with Crippen LogP contribution in [0.2, 0.25) is 0 Å². The van der Waals surface area contributed by atoms with Gasteiger partial charge in [-0.05, 0) is 25.8 Å². The maximum Gasteiger partial charge on any atom is 0.261 e. The number of nitrogens with zero attached hydrogens (tertiary/aromatic N) is 2. The highest BCUT2D eigenvalue weighted by molar-refractivity contribution is 7.17. The summed E-state index contributed by atoms with van der Waals surface area (Å²) in [6, 6.07) is 0. The summed E-state index contributed by atoms with van der Waals surface area (Å²) >= 11 is 1.49. The first kappa shape index (κ1) is 15.1. The highest BCUT2D eigenvalue weighted by Gasteiger charge is 2.26. The minimum absolute atomic E-state index is 0.0257. The summed E-state index contributed by atoms with van der Waals surface area (Å²) in [7, 11) is 0. The number of thiophene rings is 1. The zero-order valence-electron chi connectivity index (χ0n) is 12.5. The van der Waals surface area contributed by atoms with Crippen LogP contribution >= 0.6 is 11.3 Å². The van der Waals surface area contributed by atoms with E-state index in [-0.39, 0.29) is 12.5 Å². The molecule has 8 heteroatoms. The monoisotopic (exact) mass is 323 g/mol. The number of ether oxygens (including phenoxy) is 2. The number of rotatable bonds is 5. The third kappa shape index (κ3) is 3.03. The molecular weight excluding hydrogens is 306 g/mol. The minimum atomic E-state index is -0.196. The Kier molecular flexibility index (Phi) is 4.51. The predicted octanol–water partition coefficient (Wildman–Crippen LogP) is 2.15. The summed E-state index contributed by atoms with van der Waals surface area (Å²) < 4.78 is 15.9. The number of hydrogen-bond donors (Lipinski definition) is 1. The molecule has 0 radical (unpaired) electrons. The van der Waals surface area contributed by atoms with E-state index >= 15 is 0 Å². The molecule has 3 heterocycles. The van der Waals surface area contributed by atoms with Crippen LogP contribution in [0.25, 0.3) is 11.5 Å². The molecule has 118 valence electrons. The molecule has 0 fully saturated rings. The second kappa shape index (κ2) is 6.55. The quantitative estimate of drug-likeness (QED) is 0.907. The molecule has 0 atom stereocenters. The van der Waals surface area contributed by atoms with Crippen molar-refractivity contribution in [2.24, 2.45) is 0 Å². The fourth-order valence-electron chi connectivity index (χ4n) is 2.30. The van der Waals surface area contributed by atoms with Crippen LogP contribution in [0.3, 0.4) is 0 Å². The van der Waals surface area contributed by atoms with E-state index in [1.165, 1.54) is 11.3 Å². The molecule has 2 aromatic heterocycles. The standard InChI is InChI=1S/C14H17N3O4S/c1-3-19-7-11(18)16-14-12(13-15-8(2)17-21-13)9-4-5-20-6-10(9)22-14/h3-7H2,1-2H3,(H,16,18). The van der Waals surface area contributed by atoms with Crippen molar-refractivity contribution in [1.29, 1.82) is 0 Å². The first-order valence-electron chi connectivity index (χ1n) is 7.09. The van der Waals surface area contributed by atoms with Crippen LogP contribution in [0.15, 0.2) is 4.52 Å². The van der Waals surface area contributed by atoms with E-state index in [4.69, 9.17) is 14.0 Å². The van der Waals surface area contributed by atoms with Gasteiger partial charge in [0.05, 0.1) is 18.8 Å². The second-order valence-corrected chi connectivity index (χ2v) is 5.95. The molecule has 3 rings (SSSR count). The number of anilines is 1. The lowest BCUT2D eigenvalue weighted by atomic mass is 10.1. The third-order valence-electron chi connectivity index (χ3n) is 3.25. The summed E-state index contributed by atoms with van der Waals surface area (Å²) in [5, 5.41) is 7.43. The molecule has 0 saturated carbocycles. The van der Waals surface area contributed by atoms with E-state index in [2.05, 4.69) is 15.5 Å². The third-order valence-corrected chi connectivity index (χ3v) is 4.37. The van der Waals surface area contributed by atoms with Gasteiger partial charge in [0.15, 0.2) is 5.82 Å². The van der Waals surface area contributed by atoms with Gasteiger partial charge in [0.1, 0.15) is 11.6 Å². The molecule has 2 aromatic rings. The van der Waals surface area contributed by atoms with Gasteiger partial charge in [-0.25, -0.2) is 0 Å². The van der Waals surface area contributed by atoms with Crippen molar-refractivity contribution in [3.05, 3.63) is 16.3 Å². The van der Waals surface area contributed by atoms with Crippen molar-refractivity contribution >= 4 is 22.2 Å². The van der Waals surface area contributed by atoms with Gasteiger partial charge in [-0.1, -0.05) is 5.16 Å². The number of nitrogens with one attached hydrogen (secondary N) is 1. The van der Waals surface area contributed by atoms with Crippen LogP contribution in [-0.2, 0) is 27.3 Å². The van der Waals surface area contributed by atoms with Crippen molar-refractivity contribution in [2.45, 2.75) is 26.9 Å². The fourth-order valence-corrected chi connectivity index (χ4v) is 3.50. The number of carbonyl (C=O) groups is 1. The minimum Gasteiger partial charge on any atom is -0.376 e. The number of amides is 1. The number of carbonyl (C=O) groups excluding carboxylic acids is 1. The Balaban J connectivity index is 1.94. The Morgan fingerprint density at radius 3 is 3.09 bits per heavy atom. The van der Waals surface area contributed by atoms with E-state index in [0.29, 0.717) is 36.5 Å². The topological polar surface area (TPSA) is 86.5 Å². The summed E-state index contributed by atoms with van der Waals surface area (Å²) in [5.74, 6) is 0.802. The summed E-state index contributed by atoms with van der Waals surface area (Å²) in [6.45, 7) is 5.33. The average molecular weight is 323 g/mol. The normalized spacial score (nSPS) is 13.9. The van der Waals surface area contributed by atoms with Crippen LogP contribution in [0.5, 0.6) is 0 Å². The molecular formula is C14H17N3O4S. The lowest BCUT2D eigenvalue weighted by Crippen LogP contribution is -2.18. The van der Waals surface area contributed by atoms with Crippen LogP contribution in [0, 0.1) is 6.92 Å². The van der Waals surface area contributed by atoms with Gasteiger partial charge in [0.2, 0.25) is 0 Å². The van der Waals surface area contributed by atoms with E-state index in [9.17, 15) is 4.79 Å². The van der Waals surface area contributed by atoms with Gasteiger partial charge >= 0.3 is 0 Å². The highest BCUT2D eigenvalue weighted by Crippen LogP contribution is 2.42. The molecule has 7 nitrogen and oxygen atoms in total. The Hall–Kier alpha value is -1.77. The second-order valence-electron chi connectivity index (χ2n) is 4.84. The first-order chi connectivity index (χ1) is 10.7. The molecule has 22 heavy (non-hydrogen) atoms. The average Bonchev–Trinajstić information content (AvgIpc) is 3.08. The van der Waals surface area contributed by atoms with Crippen molar-refractivity contribution in [3.8, 4) is 11.5 Å². The van der Waals surface area contributed by atoms with Crippen LogP contribution in [-0.4, -0.2) is 35.9 Å². The Morgan fingerprint density at radius 2 is 2.36 bits per heavy atom. The van der Waals surface area contributed by atoms with Gasteiger partial charge in [-0.15, -0.1) is 11.3 Å². The zero-order chi connectivity index (χ0) is 15.5. The van der Waals surface area contributed by atoms with Crippen molar-refractivity contribution < 1.29 is 18.8 Å². The lowest BCUT2D eigenvalue weighted by molar-refractivity contribution is -0.120. The molecule has 0 bridgehead atoms. The Bertz CT molecular complexity index is 680. The molecule has 0 aliphatic carbocycles. The first-order valence-corrected chi connectivity index (χ1v) is 7.91. The van der Waals surface area contributed by atoms with Gasteiger partial charge in [-0.3, -0.25) is 4.79 Å². The van der Waals surface area contributed by atoms with Crippen molar-refractivity contribution in [1.82, 2.24) is 10.1 Å². The van der Waals surface area contributed by atoms with Gasteiger partial charge in [0, 0.05) is 11.5 Å². The molecule has 1 aliphatic rings. The number of hydrogen-bond acceptors (Lipinski definition) is 7. The van der Waals surface area contributed by atoms with Gasteiger partial charge < -0.3 is 19.3 Å². The summed E-state index contributed by atoms with van der Waals surface area (Å²) in [4.78, 5) is 17.3. The summed E-state index contributed by atoms with van der Waals surface area (Å²) in [6.07, 6.45) is 0.768.